The van der Waals surface area contributed by atoms with Gasteiger partial charge in [0.05, 0.1) is 0 Å². The van der Waals surface area contributed by atoms with Crippen LogP contribution in [0.25, 0.3) is 11.8 Å². The molecule has 0 aliphatic heterocycles. The van der Waals surface area contributed by atoms with E-state index in [2.05, 4.69) is 22.6 Å². The average Bonchev–Trinajstić information content (AvgIpc) is 2.92. The van der Waals surface area contributed by atoms with Gasteiger partial charge in [-0.1, -0.05) is 0 Å². The van der Waals surface area contributed by atoms with Crippen LogP contribution in [-0.2, 0) is 4.79 Å². The Morgan fingerprint density at radius 3 is 2.55 bits per heavy atom. The van der Waals surface area contributed by atoms with Crippen molar-refractivity contribution in [1.82, 2.24) is 9.88 Å². The van der Waals surface area contributed by atoms with Gasteiger partial charge in [-0.05, 0) is 65.1 Å². The van der Waals surface area contributed by atoms with Crippen LogP contribution in [0.3, 0.4) is 0 Å². The van der Waals surface area contributed by atoms with E-state index in [1.807, 2.05) is 40.3 Å². The van der Waals surface area contributed by atoms with Crippen LogP contribution in [0.2, 0.25) is 0 Å². The molecule has 0 saturated carbocycles. The lowest BCUT2D eigenvalue weighted by atomic mass is 10.2. The lowest BCUT2D eigenvalue weighted by molar-refractivity contribution is -0.115. The summed E-state index contributed by atoms with van der Waals surface area (Å²) in [6.45, 7) is 0. The summed E-state index contributed by atoms with van der Waals surface area (Å²) in [7, 11) is 0. The molecule has 0 aliphatic rings. The van der Waals surface area contributed by atoms with E-state index in [0.717, 1.165) is 9.26 Å². The fourth-order valence-corrected chi connectivity index (χ4v) is 2.18. The number of rotatable bonds is 3. The predicted octanol–water partition coefficient (Wildman–Crippen LogP) is 2.18. The summed E-state index contributed by atoms with van der Waals surface area (Å²) in [4.78, 5) is 22.4. The molecule has 1 heterocycles. The Morgan fingerprint density at radius 1 is 1.27 bits per heavy atom. The van der Waals surface area contributed by atoms with E-state index in [1.54, 1.807) is 18.2 Å². The number of nitrogens with two attached hydrogens (primary N) is 1. The Labute approximate surface area is 140 Å². The highest BCUT2D eigenvalue weighted by atomic mass is 127. The summed E-state index contributed by atoms with van der Waals surface area (Å²) in [5, 5.41) is 10.9. The highest BCUT2D eigenvalue weighted by molar-refractivity contribution is 14.1. The molecule has 1 aromatic heterocycles. The molecule has 0 atom stereocenters. The summed E-state index contributed by atoms with van der Waals surface area (Å²) in [6.07, 6.45) is 3.21. The van der Waals surface area contributed by atoms with Gasteiger partial charge in [0.15, 0.2) is 0 Å². The van der Waals surface area contributed by atoms with Crippen molar-refractivity contribution in [2.45, 2.75) is 0 Å². The van der Waals surface area contributed by atoms with Crippen LogP contribution in [-0.4, -0.2) is 16.5 Å². The highest BCUT2D eigenvalue weighted by Gasteiger charge is 2.12. The first-order chi connectivity index (χ1) is 10.5. The Morgan fingerprint density at radius 2 is 1.95 bits per heavy atom. The number of aromatic nitrogens is 1. The summed E-state index contributed by atoms with van der Waals surface area (Å²) in [5.74, 6) is -0.828. The second kappa shape index (κ2) is 6.91. The smallest absolute Gasteiger partial charge is 0.319 e. The Kier molecular flexibility index (Phi) is 4.95. The number of nitriles is 1. The van der Waals surface area contributed by atoms with Crippen molar-refractivity contribution in [2.75, 3.05) is 0 Å². The first-order valence-corrected chi connectivity index (χ1v) is 7.25. The zero-order valence-electron chi connectivity index (χ0n) is 11.3. The molecular formula is C15H11IN4O2. The highest BCUT2D eigenvalue weighted by Crippen LogP contribution is 2.17. The number of urea groups is 1. The molecule has 0 aliphatic carbocycles. The molecule has 0 spiro atoms. The number of primary amides is 1. The van der Waals surface area contributed by atoms with Gasteiger partial charge in [-0.25, -0.2) is 4.79 Å². The van der Waals surface area contributed by atoms with E-state index in [-0.39, 0.29) is 5.57 Å². The molecule has 6 nitrogen and oxygen atoms in total. The second-order valence-corrected chi connectivity index (χ2v) is 5.51. The molecule has 2 aromatic rings. The van der Waals surface area contributed by atoms with Crippen molar-refractivity contribution in [3.05, 3.63) is 57.4 Å². The Balaban J connectivity index is 2.38. The number of nitrogens with zero attached hydrogens (tertiary/aromatic N) is 2. The predicted molar refractivity (Wildman–Crippen MR) is 89.8 cm³/mol. The van der Waals surface area contributed by atoms with Crippen LogP contribution in [0.4, 0.5) is 4.79 Å². The van der Waals surface area contributed by atoms with Gasteiger partial charge in [0.1, 0.15) is 11.6 Å². The average molecular weight is 406 g/mol. The molecule has 3 N–H and O–H groups in total. The topological polar surface area (TPSA) is 101 Å². The van der Waals surface area contributed by atoms with E-state index in [0.29, 0.717) is 5.69 Å². The maximum atomic E-state index is 11.7. The van der Waals surface area contributed by atoms with Crippen molar-refractivity contribution in [1.29, 1.82) is 5.26 Å². The molecule has 0 saturated heterocycles. The molecule has 7 heteroatoms. The molecule has 0 unspecified atom stereocenters. The summed E-state index contributed by atoms with van der Waals surface area (Å²) >= 11 is 2.21. The SMILES string of the molecule is N#C/C(=C/c1cccn1-c1ccc(I)cc1)C(=O)NC(N)=O. The number of benzene rings is 1. The monoisotopic (exact) mass is 406 g/mol. The van der Waals surface area contributed by atoms with E-state index < -0.39 is 11.9 Å². The van der Waals surface area contributed by atoms with Crippen molar-refractivity contribution in [3.8, 4) is 11.8 Å². The fourth-order valence-electron chi connectivity index (χ4n) is 1.82. The summed E-state index contributed by atoms with van der Waals surface area (Å²) in [5.41, 5.74) is 6.21. The first-order valence-electron chi connectivity index (χ1n) is 6.17. The summed E-state index contributed by atoms with van der Waals surface area (Å²) in [6, 6.07) is 12.1. The van der Waals surface area contributed by atoms with Crippen molar-refractivity contribution < 1.29 is 9.59 Å². The molecule has 1 aromatic carbocycles. The molecule has 0 radical (unpaired) electrons. The largest absolute Gasteiger partial charge is 0.351 e. The van der Waals surface area contributed by atoms with Crippen LogP contribution < -0.4 is 11.1 Å². The number of hydrogen-bond donors (Lipinski definition) is 2. The molecule has 22 heavy (non-hydrogen) atoms. The Bertz CT molecular complexity index is 785. The number of hydrogen-bond acceptors (Lipinski definition) is 3. The van der Waals surface area contributed by atoms with Gasteiger partial charge < -0.3 is 10.3 Å². The lowest BCUT2D eigenvalue weighted by Gasteiger charge is -2.07. The molecule has 2 rings (SSSR count). The molecular weight excluding hydrogens is 395 g/mol. The third-order valence-corrected chi connectivity index (χ3v) is 3.50. The number of amides is 3. The van der Waals surface area contributed by atoms with Gasteiger partial charge >= 0.3 is 6.03 Å². The minimum absolute atomic E-state index is 0.204. The second-order valence-electron chi connectivity index (χ2n) is 4.27. The van der Waals surface area contributed by atoms with Crippen LogP contribution in [0.15, 0.2) is 48.2 Å². The Hall–Kier alpha value is -2.60. The van der Waals surface area contributed by atoms with Crippen molar-refractivity contribution >= 4 is 40.6 Å². The zero-order valence-corrected chi connectivity index (χ0v) is 13.4. The molecule has 110 valence electrons. The van der Waals surface area contributed by atoms with Gasteiger partial charge in [0.25, 0.3) is 5.91 Å². The maximum Gasteiger partial charge on any atom is 0.319 e. The lowest BCUT2D eigenvalue weighted by Crippen LogP contribution is -2.35. The number of carbonyl (C=O) groups is 2. The number of imide groups is 1. The van der Waals surface area contributed by atoms with Crippen LogP contribution in [0.1, 0.15) is 5.69 Å². The number of nitrogens with one attached hydrogen (secondary N) is 1. The third kappa shape index (κ3) is 3.73. The maximum absolute atomic E-state index is 11.7. The molecule has 0 bridgehead atoms. The van der Waals surface area contributed by atoms with E-state index in [4.69, 9.17) is 11.0 Å². The normalized spacial score (nSPS) is 10.8. The third-order valence-electron chi connectivity index (χ3n) is 2.78. The van der Waals surface area contributed by atoms with Gasteiger partial charge in [-0.2, -0.15) is 5.26 Å². The fraction of sp³-hybridized carbons (Fsp3) is 0. The van der Waals surface area contributed by atoms with Crippen molar-refractivity contribution in [2.24, 2.45) is 5.73 Å². The minimum Gasteiger partial charge on any atom is -0.351 e. The van der Waals surface area contributed by atoms with E-state index >= 15 is 0 Å². The quantitative estimate of drug-likeness (QED) is 0.464. The van der Waals surface area contributed by atoms with Gasteiger partial charge in [-0.3, -0.25) is 10.1 Å². The number of carbonyl (C=O) groups excluding carboxylic acids is 2. The first kappa shape index (κ1) is 15.8. The van der Waals surface area contributed by atoms with Gasteiger partial charge in [-0.15, -0.1) is 0 Å². The summed E-state index contributed by atoms with van der Waals surface area (Å²) < 4.78 is 2.93. The molecule has 3 amide bonds. The van der Waals surface area contributed by atoms with Gasteiger partial charge in [0, 0.05) is 21.1 Å². The number of halogens is 1. The molecule has 0 fully saturated rings. The zero-order chi connectivity index (χ0) is 16.1. The van der Waals surface area contributed by atoms with Gasteiger partial charge in [0.2, 0.25) is 0 Å². The van der Waals surface area contributed by atoms with Crippen LogP contribution >= 0.6 is 22.6 Å². The van der Waals surface area contributed by atoms with Crippen LogP contribution in [0, 0.1) is 14.9 Å². The minimum atomic E-state index is -1.00. The van der Waals surface area contributed by atoms with Crippen molar-refractivity contribution in [3.63, 3.8) is 0 Å². The van der Waals surface area contributed by atoms with E-state index in [9.17, 15) is 9.59 Å². The van der Waals surface area contributed by atoms with Crippen LogP contribution in [0.5, 0.6) is 0 Å². The van der Waals surface area contributed by atoms with E-state index in [1.165, 1.54) is 6.08 Å². The standard InChI is InChI=1S/C15H11IN4O2/c16-11-3-5-12(6-4-11)20-7-1-2-13(20)8-10(9-17)14(21)19-15(18)22/h1-8H,(H3,18,19,21,22)/b10-8-.